The van der Waals surface area contributed by atoms with Crippen molar-refractivity contribution in [2.45, 2.75) is 72.6 Å². The van der Waals surface area contributed by atoms with Crippen molar-refractivity contribution in [1.29, 1.82) is 0 Å². The summed E-state index contributed by atoms with van der Waals surface area (Å²) >= 11 is 0. The van der Waals surface area contributed by atoms with Gasteiger partial charge >= 0.3 is 0 Å². The number of rotatable bonds is 11. The minimum absolute atomic E-state index is 0.118. The average molecular weight is 256 g/mol. The van der Waals surface area contributed by atoms with Crippen molar-refractivity contribution in [3.63, 3.8) is 0 Å². The molecule has 0 spiro atoms. The Labute approximate surface area is 112 Å². The predicted octanol–water partition coefficient (Wildman–Crippen LogP) is 4.07. The molecule has 0 aromatic carbocycles. The minimum Gasteiger partial charge on any atom is -0.326 e. The largest absolute Gasteiger partial charge is 0.326 e. The second kappa shape index (κ2) is 12.4. The van der Waals surface area contributed by atoms with Gasteiger partial charge in [0.05, 0.1) is 0 Å². The maximum absolute atomic E-state index is 2.68. The van der Waals surface area contributed by atoms with Crippen LogP contribution in [-0.2, 0) is 0 Å². The fourth-order valence-corrected chi connectivity index (χ4v) is 3.77. The van der Waals surface area contributed by atoms with Gasteiger partial charge in [-0.25, -0.2) is 0 Å². The maximum Gasteiger partial charge on any atom is 0.119 e. The molecule has 102 valence electrons. The van der Waals surface area contributed by atoms with Gasteiger partial charge in [-0.05, 0) is 45.2 Å². The smallest absolute Gasteiger partial charge is 0.119 e. The number of nitrogens with zero attached hydrogens (tertiary/aromatic N) is 1. The van der Waals surface area contributed by atoms with Gasteiger partial charge in [-0.3, -0.25) is 0 Å². The lowest BCUT2D eigenvalue weighted by molar-refractivity contribution is 0.469. The summed E-state index contributed by atoms with van der Waals surface area (Å²) in [5, 5.41) is 0. The first-order valence-corrected chi connectivity index (χ1v) is 9.13. The van der Waals surface area contributed by atoms with Crippen molar-refractivity contribution >= 4 is 9.68 Å². The third-order valence-corrected chi connectivity index (χ3v) is 5.37. The van der Waals surface area contributed by atoms with Crippen molar-refractivity contribution in [2.24, 2.45) is 0 Å². The molecule has 0 radical (unpaired) electrons. The highest BCUT2D eigenvalue weighted by atomic mass is 28.2. The Morgan fingerprint density at radius 3 is 1.94 bits per heavy atom. The van der Waals surface area contributed by atoms with Gasteiger partial charge in [-0.2, -0.15) is 0 Å². The van der Waals surface area contributed by atoms with Crippen LogP contribution in [0.4, 0.5) is 0 Å². The van der Waals surface area contributed by atoms with Gasteiger partial charge in [0.25, 0.3) is 0 Å². The van der Waals surface area contributed by atoms with E-state index >= 15 is 0 Å². The van der Waals surface area contributed by atoms with Gasteiger partial charge < -0.3 is 4.57 Å². The monoisotopic (exact) mass is 255 g/mol. The average Bonchev–Trinajstić information content (AvgIpc) is 2.36. The first-order valence-electron chi connectivity index (χ1n) is 7.68. The van der Waals surface area contributed by atoms with Crippen molar-refractivity contribution in [2.75, 3.05) is 13.1 Å². The number of hydrogen-bond acceptors (Lipinski definition) is 1. The lowest BCUT2D eigenvalue weighted by atomic mass is 10.1. The van der Waals surface area contributed by atoms with Crippen LogP contribution in [0.25, 0.3) is 0 Å². The molecule has 0 aromatic heterocycles. The van der Waals surface area contributed by atoms with E-state index in [1.54, 1.807) is 5.57 Å². The number of unbranched alkanes of at least 4 members (excludes halogenated alkanes) is 2. The molecule has 0 heterocycles. The molecule has 0 aromatic rings. The molecule has 0 aliphatic heterocycles. The first-order chi connectivity index (χ1) is 8.28. The van der Waals surface area contributed by atoms with E-state index in [0.717, 1.165) is 0 Å². The fraction of sp³-hybridized carbons (Fsp3) is 0.867. The molecule has 1 nitrogen and oxygen atoms in total. The van der Waals surface area contributed by atoms with E-state index in [9.17, 15) is 0 Å². The van der Waals surface area contributed by atoms with Gasteiger partial charge in [0.1, 0.15) is 9.68 Å². The molecule has 0 aliphatic carbocycles. The van der Waals surface area contributed by atoms with E-state index in [1.165, 1.54) is 58.0 Å². The molecule has 0 unspecified atom stereocenters. The van der Waals surface area contributed by atoms with E-state index in [2.05, 4.69) is 38.0 Å². The summed E-state index contributed by atoms with van der Waals surface area (Å²) in [6, 6.07) is 0. The summed E-state index contributed by atoms with van der Waals surface area (Å²) in [6.45, 7) is 11.7. The van der Waals surface area contributed by atoms with Crippen LogP contribution >= 0.6 is 0 Å². The zero-order chi connectivity index (χ0) is 12.9. The summed E-state index contributed by atoms with van der Waals surface area (Å²) in [5.41, 5.74) is 4.40. The minimum atomic E-state index is -0.118. The molecular formula is C15H33NSi. The van der Waals surface area contributed by atoms with Crippen LogP contribution < -0.4 is 0 Å². The molecule has 0 rings (SSSR count). The van der Waals surface area contributed by atoms with Crippen molar-refractivity contribution in [3.8, 4) is 0 Å². The van der Waals surface area contributed by atoms with Gasteiger partial charge in [0, 0.05) is 0 Å². The molecule has 0 fully saturated rings. The normalized spacial score (nSPS) is 11.6. The third-order valence-electron chi connectivity index (χ3n) is 3.33. The van der Waals surface area contributed by atoms with Gasteiger partial charge in [0.15, 0.2) is 0 Å². The van der Waals surface area contributed by atoms with Crippen LogP contribution in [0.3, 0.4) is 0 Å². The second-order valence-corrected chi connectivity index (χ2v) is 6.63. The summed E-state index contributed by atoms with van der Waals surface area (Å²) in [5.74, 6) is 0. The van der Waals surface area contributed by atoms with Crippen LogP contribution in [-0.4, -0.2) is 27.3 Å². The van der Waals surface area contributed by atoms with E-state index in [4.69, 9.17) is 0 Å². The Kier molecular flexibility index (Phi) is 12.3. The van der Waals surface area contributed by atoms with Crippen LogP contribution in [0, 0.1) is 0 Å². The second-order valence-electron chi connectivity index (χ2n) is 4.96. The Morgan fingerprint density at radius 1 is 0.941 bits per heavy atom. The highest BCUT2D eigenvalue weighted by molar-refractivity contribution is 6.38. The van der Waals surface area contributed by atoms with Crippen molar-refractivity contribution < 1.29 is 0 Å². The standard InChI is InChI=1S/C15H33NSi/c1-5-9-11-15(12-10-6-2)14-17-16(8-4)13-7-3/h14H,5-13,17H2,1-4H3. The van der Waals surface area contributed by atoms with Crippen molar-refractivity contribution in [3.05, 3.63) is 11.3 Å². The van der Waals surface area contributed by atoms with Crippen molar-refractivity contribution in [1.82, 2.24) is 4.57 Å². The quantitative estimate of drug-likeness (QED) is 0.503. The Morgan fingerprint density at radius 2 is 1.53 bits per heavy atom. The summed E-state index contributed by atoms with van der Waals surface area (Å²) in [6.07, 6.45) is 9.43. The molecule has 2 heteroatoms. The lowest BCUT2D eigenvalue weighted by Gasteiger charge is -2.18. The Hall–Kier alpha value is -0.0831. The molecule has 0 aliphatic rings. The summed E-state index contributed by atoms with van der Waals surface area (Å²) in [4.78, 5) is 0. The summed E-state index contributed by atoms with van der Waals surface area (Å²) < 4.78 is 2.68. The van der Waals surface area contributed by atoms with Crippen LogP contribution in [0.2, 0.25) is 0 Å². The molecule has 0 bridgehead atoms. The fourth-order valence-electron chi connectivity index (χ4n) is 2.09. The zero-order valence-electron chi connectivity index (χ0n) is 12.6. The molecule has 0 saturated carbocycles. The highest BCUT2D eigenvalue weighted by Gasteiger charge is 2.01. The molecular weight excluding hydrogens is 222 g/mol. The Bertz CT molecular complexity index is 179. The molecule has 17 heavy (non-hydrogen) atoms. The first kappa shape index (κ1) is 16.9. The predicted molar refractivity (Wildman–Crippen MR) is 83.2 cm³/mol. The van der Waals surface area contributed by atoms with Crippen LogP contribution in [0.1, 0.15) is 72.6 Å². The van der Waals surface area contributed by atoms with E-state index in [1.807, 2.05) is 0 Å². The van der Waals surface area contributed by atoms with E-state index < -0.39 is 0 Å². The molecule has 0 saturated heterocycles. The molecule has 0 amide bonds. The third kappa shape index (κ3) is 9.60. The maximum atomic E-state index is 2.68. The lowest BCUT2D eigenvalue weighted by Crippen LogP contribution is -2.27. The molecule has 0 atom stereocenters. The van der Waals surface area contributed by atoms with Crippen LogP contribution in [0.5, 0.6) is 0 Å². The Balaban J connectivity index is 4.13. The zero-order valence-corrected chi connectivity index (χ0v) is 14.0. The van der Waals surface area contributed by atoms with Crippen LogP contribution in [0.15, 0.2) is 11.3 Å². The molecule has 0 N–H and O–H groups in total. The SMILES string of the molecule is CCCCC(=C[SiH2]N(CC)CCC)CCCC. The van der Waals surface area contributed by atoms with Gasteiger partial charge in [-0.15, -0.1) is 0 Å². The van der Waals surface area contributed by atoms with E-state index in [-0.39, 0.29) is 9.68 Å². The van der Waals surface area contributed by atoms with E-state index in [0.29, 0.717) is 0 Å². The summed E-state index contributed by atoms with van der Waals surface area (Å²) in [7, 11) is -0.118. The number of hydrogen-bond donors (Lipinski definition) is 0. The number of allylic oxidation sites excluding steroid dienone is 1. The van der Waals surface area contributed by atoms with Gasteiger partial charge in [0.2, 0.25) is 0 Å². The topological polar surface area (TPSA) is 3.24 Å². The highest BCUT2D eigenvalue weighted by Crippen LogP contribution is 2.14. The van der Waals surface area contributed by atoms with Gasteiger partial charge in [-0.1, -0.05) is 51.8 Å².